The van der Waals surface area contributed by atoms with Gasteiger partial charge < -0.3 is 15.5 Å². The summed E-state index contributed by atoms with van der Waals surface area (Å²) in [4.78, 5) is 54.2. The Hall–Kier alpha value is -2.43. The second kappa shape index (κ2) is 11.8. The quantitative estimate of drug-likeness (QED) is 0.236. The van der Waals surface area contributed by atoms with E-state index in [1.807, 2.05) is 20.8 Å². The first-order valence-corrected chi connectivity index (χ1v) is 15.4. The predicted molar refractivity (Wildman–Crippen MR) is 144 cm³/mol. The fourth-order valence-corrected chi connectivity index (χ4v) is 6.47. The van der Waals surface area contributed by atoms with E-state index in [-0.39, 0.29) is 30.1 Å². The molecule has 1 saturated heterocycles. The highest BCUT2D eigenvalue weighted by Crippen LogP contribution is 2.45. The molecule has 214 valence electrons. The molecule has 2 saturated carbocycles. The highest BCUT2D eigenvalue weighted by atomic mass is 32.2. The zero-order valence-corrected chi connectivity index (χ0v) is 24.0. The topological polar surface area (TPSA) is 142 Å². The van der Waals surface area contributed by atoms with E-state index in [1.165, 1.54) is 11.0 Å². The van der Waals surface area contributed by atoms with Crippen LogP contribution in [-0.2, 0) is 29.2 Å². The van der Waals surface area contributed by atoms with Gasteiger partial charge in [0.05, 0.1) is 5.25 Å². The number of carbonyl (C=O) groups is 4. The third kappa shape index (κ3) is 7.36. The van der Waals surface area contributed by atoms with Crippen molar-refractivity contribution in [3.8, 4) is 0 Å². The highest BCUT2D eigenvalue weighted by Gasteiger charge is 2.61. The average Bonchev–Trinajstić information content (AvgIpc) is 3.73. The van der Waals surface area contributed by atoms with Crippen molar-refractivity contribution in [1.29, 1.82) is 0 Å². The lowest BCUT2D eigenvalue weighted by molar-refractivity contribution is -0.142. The molecule has 3 fully saturated rings. The number of hydrogen-bond acceptors (Lipinski definition) is 6. The van der Waals surface area contributed by atoms with Crippen molar-refractivity contribution in [3.05, 3.63) is 12.7 Å². The molecule has 10 nitrogen and oxygen atoms in total. The summed E-state index contributed by atoms with van der Waals surface area (Å²) in [6, 6.07) is -1.53. The molecule has 2 aliphatic carbocycles. The van der Waals surface area contributed by atoms with E-state index >= 15 is 0 Å². The summed E-state index contributed by atoms with van der Waals surface area (Å²) in [7, 11) is -3.78. The Labute approximate surface area is 226 Å². The zero-order chi connectivity index (χ0) is 28.3. The Balaban J connectivity index is 1.71. The Morgan fingerprint density at radius 2 is 1.82 bits per heavy atom. The zero-order valence-electron chi connectivity index (χ0n) is 23.2. The van der Waals surface area contributed by atoms with E-state index in [9.17, 15) is 27.6 Å². The van der Waals surface area contributed by atoms with Crippen LogP contribution in [0.1, 0.15) is 91.9 Å². The van der Waals surface area contributed by atoms with E-state index < -0.39 is 50.6 Å². The summed E-state index contributed by atoms with van der Waals surface area (Å²) in [5.74, 6) is -2.15. The fourth-order valence-electron chi connectivity index (χ4n) is 5.11. The van der Waals surface area contributed by atoms with Crippen LogP contribution in [0.15, 0.2) is 12.7 Å². The minimum Gasteiger partial charge on any atom is -0.344 e. The maximum absolute atomic E-state index is 13.6. The molecule has 0 spiro atoms. The molecule has 1 unspecified atom stereocenters. The van der Waals surface area contributed by atoms with E-state index in [0.717, 1.165) is 19.3 Å². The third-order valence-corrected chi connectivity index (χ3v) is 9.33. The molecular weight excluding hydrogens is 508 g/mol. The van der Waals surface area contributed by atoms with Crippen molar-refractivity contribution in [1.82, 2.24) is 20.3 Å². The van der Waals surface area contributed by atoms with Crippen LogP contribution in [0.25, 0.3) is 0 Å². The predicted octanol–water partition coefficient (Wildman–Crippen LogP) is 2.15. The van der Waals surface area contributed by atoms with Crippen molar-refractivity contribution in [2.45, 2.75) is 115 Å². The number of carbonyl (C=O) groups excluding carboxylic acids is 4. The number of nitrogens with zero attached hydrogens (tertiary/aromatic N) is 1. The molecule has 3 rings (SSSR count). The first-order chi connectivity index (χ1) is 17.7. The molecule has 11 heteroatoms. The van der Waals surface area contributed by atoms with Crippen LogP contribution >= 0.6 is 0 Å². The van der Waals surface area contributed by atoms with Crippen LogP contribution in [0.4, 0.5) is 0 Å². The van der Waals surface area contributed by atoms with Gasteiger partial charge in [0, 0.05) is 18.9 Å². The maximum Gasteiger partial charge on any atom is 0.259 e. The molecule has 3 N–H and O–H groups in total. The minimum absolute atomic E-state index is 0.202. The summed E-state index contributed by atoms with van der Waals surface area (Å²) in [6.07, 6.45) is 7.27. The van der Waals surface area contributed by atoms with Gasteiger partial charge in [0.2, 0.25) is 27.7 Å². The van der Waals surface area contributed by atoms with Crippen LogP contribution in [-0.4, -0.2) is 66.4 Å². The summed E-state index contributed by atoms with van der Waals surface area (Å²) >= 11 is 0. The number of likely N-dealkylation sites (tertiary alicyclic amines) is 1. The molecule has 4 atom stereocenters. The Morgan fingerprint density at radius 3 is 2.37 bits per heavy atom. The van der Waals surface area contributed by atoms with Crippen LogP contribution < -0.4 is 15.4 Å². The van der Waals surface area contributed by atoms with E-state index in [2.05, 4.69) is 28.9 Å². The van der Waals surface area contributed by atoms with Crippen LogP contribution in [0.2, 0.25) is 0 Å². The normalized spacial score (nSPS) is 25.8. The first-order valence-electron chi connectivity index (χ1n) is 13.8. The lowest BCUT2D eigenvalue weighted by atomic mass is 9.91. The van der Waals surface area contributed by atoms with Gasteiger partial charge in [-0.2, -0.15) is 0 Å². The molecule has 0 aromatic heterocycles. The molecule has 0 aromatic rings. The number of unbranched alkanes of at least 4 members (excludes halogenated alkanes) is 2. The second-order valence-electron chi connectivity index (χ2n) is 12.2. The maximum atomic E-state index is 13.6. The second-order valence-corrected chi connectivity index (χ2v) is 14.2. The number of hydrogen-bond donors (Lipinski definition) is 3. The van der Waals surface area contributed by atoms with Crippen LogP contribution in [0, 0.1) is 11.3 Å². The van der Waals surface area contributed by atoms with Gasteiger partial charge in [-0.1, -0.05) is 53.0 Å². The van der Waals surface area contributed by atoms with E-state index in [1.54, 1.807) is 0 Å². The number of nitrogens with one attached hydrogen (secondary N) is 3. The fraction of sp³-hybridized carbons (Fsp3) is 0.778. The smallest absolute Gasteiger partial charge is 0.259 e. The average molecular weight is 553 g/mol. The lowest BCUT2D eigenvalue weighted by Gasteiger charge is -2.30. The molecule has 38 heavy (non-hydrogen) atoms. The first kappa shape index (κ1) is 30.1. The Bertz CT molecular complexity index is 1050. The Morgan fingerprint density at radius 1 is 1.13 bits per heavy atom. The van der Waals surface area contributed by atoms with E-state index in [0.29, 0.717) is 38.6 Å². The van der Waals surface area contributed by atoms with Crippen molar-refractivity contribution in [3.63, 3.8) is 0 Å². The SMILES string of the molecule is C=C[C@@H]1C[C@]1(NC(=O)C1CCCN1C(=O)[C@H](CCCCC)NC(=O)CC(C)(C)C)C(=O)NS(=O)(=O)C1CC1. The van der Waals surface area contributed by atoms with Gasteiger partial charge in [0.1, 0.15) is 17.6 Å². The molecular formula is C27H44N4O6S. The van der Waals surface area contributed by atoms with Crippen molar-refractivity contribution in [2.24, 2.45) is 11.3 Å². The number of rotatable bonds is 13. The molecule has 0 bridgehead atoms. The summed E-state index contributed by atoms with van der Waals surface area (Å²) < 4.78 is 26.9. The van der Waals surface area contributed by atoms with Gasteiger partial charge in [-0.25, -0.2) is 8.42 Å². The lowest BCUT2D eigenvalue weighted by Crippen LogP contribution is -2.58. The van der Waals surface area contributed by atoms with E-state index in [4.69, 9.17) is 0 Å². The monoisotopic (exact) mass is 552 g/mol. The van der Waals surface area contributed by atoms with Crippen molar-refractivity contribution >= 4 is 33.7 Å². The number of sulfonamides is 1. The minimum atomic E-state index is -3.78. The molecule has 1 aliphatic heterocycles. The van der Waals surface area contributed by atoms with Crippen LogP contribution in [0.5, 0.6) is 0 Å². The molecule has 3 aliphatic rings. The molecule has 0 radical (unpaired) electrons. The van der Waals surface area contributed by atoms with Gasteiger partial charge in [0.25, 0.3) is 5.91 Å². The molecule has 0 aromatic carbocycles. The van der Waals surface area contributed by atoms with Crippen molar-refractivity contribution in [2.75, 3.05) is 6.54 Å². The molecule has 4 amide bonds. The largest absolute Gasteiger partial charge is 0.344 e. The van der Waals surface area contributed by atoms with Gasteiger partial charge in [0.15, 0.2) is 0 Å². The van der Waals surface area contributed by atoms with Gasteiger partial charge in [-0.05, 0) is 43.9 Å². The summed E-state index contributed by atoms with van der Waals surface area (Å²) in [5, 5.41) is 5.10. The summed E-state index contributed by atoms with van der Waals surface area (Å²) in [5.41, 5.74) is -1.62. The molecule has 1 heterocycles. The van der Waals surface area contributed by atoms with Crippen LogP contribution in [0.3, 0.4) is 0 Å². The third-order valence-electron chi connectivity index (χ3n) is 7.51. The van der Waals surface area contributed by atoms with Gasteiger partial charge in [-0.3, -0.25) is 23.9 Å². The summed E-state index contributed by atoms with van der Waals surface area (Å²) in [6.45, 7) is 12.0. The van der Waals surface area contributed by atoms with Crippen molar-refractivity contribution < 1.29 is 27.6 Å². The highest BCUT2D eigenvalue weighted by molar-refractivity contribution is 7.91. The number of amides is 4. The standard InChI is InChI=1S/C27H44N4O6S/c1-6-8-9-11-20(28-22(32)17-26(3,4)5)24(34)31-15-10-12-21(31)23(33)29-27(16-18(27)7-2)25(35)30-38(36,37)19-13-14-19/h7,18-21H,2,6,8-17H2,1,3-5H3,(H,28,32)(H,29,33)(H,30,35)/t18-,20+,21?,27-/m1/s1. The Kier molecular flexibility index (Phi) is 9.32. The van der Waals surface area contributed by atoms with Gasteiger partial charge >= 0.3 is 0 Å². The van der Waals surface area contributed by atoms with Gasteiger partial charge in [-0.15, -0.1) is 6.58 Å².